The second-order valence-corrected chi connectivity index (χ2v) is 9.21. The molecule has 152 valence electrons. The van der Waals surface area contributed by atoms with Crippen LogP contribution in [0.1, 0.15) is 6.42 Å². The Morgan fingerprint density at radius 3 is 2.57 bits per heavy atom. The molecular weight excluding hydrogens is 404 g/mol. The summed E-state index contributed by atoms with van der Waals surface area (Å²) in [5.74, 6) is 0.791. The van der Waals surface area contributed by atoms with Crippen molar-refractivity contribution in [1.29, 1.82) is 0 Å². The van der Waals surface area contributed by atoms with E-state index in [9.17, 15) is 13.2 Å². The quantitative estimate of drug-likeness (QED) is 0.513. The predicted octanol–water partition coefficient (Wildman–Crippen LogP) is 1.65. The molecule has 0 radical (unpaired) electrons. The Labute approximate surface area is 172 Å². The zero-order valence-corrected chi connectivity index (χ0v) is 16.8. The van der Waals surface area contributed by atoms with Crippen molar-refractivity contribution in [1.82, 2.24) is 24.9 Å². The van der Waals surface area contributed by atoms with Crippen LogP contribution >= 0.6 is 0 Å². The number of aromatic nitrogens is 4. The largest absolute Gasteiger partial charge is 0.354 e. The molecule has 1 amide bonds. The number of nitrogens with zero attached hydrogens (tertiary/aromatic N) is 4. The van der Waals surface area contributed by atoms with Crippen LogP contribution in [0.15, 0.2) is 53.4 Å². The number of carbonyl (C=O) groups is 1. The number of benzene rings is 2. The van der Waals surface area contributed by atoms with Crippen molar-refractivity contribution in [3.05, 3.63) is 48.5 Å². The highest BCUT2D eigenvalue weighted by Crippen LogP contribution is 2.25. The van der Waals surface area contributed by atoms with Crippen molar-refractivity contribution >= 4 is 38.2 Å². The Morgan fingerprint density at radius 1 is 1.10 bits per heavy atom. The summed E-state index contributed by atoms with van der Waals surface area (Å²) >= 11 is 0. The highest BCUT2D eigenvalue weighted by molar-refractivity contribution is 7.90. The second kappa shape index (κ2) is 6.77. The van der Waals surface area contributed by atoms with Gasteiger partial charge in [-0.15, -0.1) is 5.10 Å². The van der Waals surface area contributed by atoms with Crippen LogP contribution in [0.2, 0.25) is 0 Å². The third kappa shape index (κ3) is 3.14. The maximum absolute atomic E-state index is 12.0. The summed E-state index contributed by atoms with van der Waals surface area (Å²) in [5.41, 5.74) is 2.01. The third-order valence-corrected chi connectivity index (χ3v) is 6.20. The number of para-hydroxylation sites is 1. The first-order chi connectivity index (χ1) is 14.4. The lowest BCUT2D eigenvalue weighted by atomic mass is 10.2. The van der Waals surface area contributed by atoms with E-state index in [1.54, 1.807) is 16.6 Å². The average Bonchev–Trinajstić information content (AvgIpc) is 3.35. The van der Waals surface area contributed by atoms with Crippen molar-refractivity contribution in [3.63, 3.8) is 0 Å². The molecule has 0 bridgehead atoms. The van der Waals surface area contributed by atoms with Gasteiger partial charge in [0.2, 0.25) is 11.9 Å². The summed E-state index contributed by atoms with van der Waals surface area (Å²) < 4.78 is 25.0. The highest BCUT2D eigenvalue weighted by Gasteiger charge is 2.26. The first kappa shape index (κ1) is 18.5. The van der Waals surface area contributed by atoms with Gasteiger partial charge in [0.15, 0.2) is 21.3 Å². The van der Waals surface area contributed by atoms with E-state index >= 15 is 0 Å². The molecule has 5 rings (SSSR count). The number of carbonyl (C=O) groups excluding carboxylic acids is 1. The zero-order valence-electron chi connectivity index (χ0n) is 16.0. The van der Waals surface area contributed by atoms with E-state index < -0.39 is 9.84 Å². The van der Waals surface area contributed by atoms with Crippen LogP contribution in [0.25, 0.3) is 27.9 Å². The zero-order chi connectivity index (χ0) is 20.9. The summed E-state index contributed by atoms with van der Waals surface area (Å²) in [6.45, 7) is 0.614. The van der Waals surface area contributed by atoms with Gasteiger partial charge in [0.1, 0.15) is 6.04 Å². The van der Waals surface area contributed by atoms with Crippen molar-refractivity contribution in [2.75, 3.05) is 18.1 Å². The van der Waals surface area contributed by atoms with E-state index in [0.29, 0.717) is 35.9 Å². The van der Waals surface area contributed by atoms with Crippen LogP contribution in [0.3, 0.4) is 0 Å². The Hall–Kier alpha value is -3.53. The van der Waals surface area contributed by atoms with Gasteiger partial charge in [-0.1, -0.05) is 12.1 Å². The molecule has 2 N–H and O–H groups in total. The molecule has 1 atom stereocenters. The maximum atomic E-state index is 12.0. The van der Waals surface area contributed by atoms with Crippen molar-refractivity contribution in [2.24, 2.45) is 0 Å². The molecule has 1 aliphatic rings. The van der Waals surface area contributed by atoms with Gasteiger partial charge >= 0.3 is 0 Å². The molecule has 4 aromatic rings. The van der Waals surface area contributed by atoms with Gasteiger partial charge in [0.05, 0.1) is 10.4 Å². The SMILES string of the molecule is CS(=O)(=O)c1ccc(-c2nc3c4ccccc4nc(N[C@@H]4CCNC4=O)n3n2)cc1. The minimum atomic E-state index is -3.28. The van der Waals surface area contributed by atoms with Gasteiger partial charge in [0.25, 0.3) is 0 Å². The summed E-state index contributed by atoms with van der Waals surface area (Å²) in [4.78, 5) is 21.6. The number of rotatable bonds is 4. The first-order valence-electron chi connectivity index (χ1n) is 9.40. The predicted molar refractivity (Wildman–Crippen MR) is 112 cm³/mol. The molecule has 1 saturated heterocycles. The number of sulfone groups is 1. The molecule has 0 saturated carbocycles. The van der Waals surface area contributed by atoms with E-state index in [1.807, 2.05) is 24.3 Å². The molecule has 0 unspecified atom stereocenters. The van der Waals surface area contributed by atoms with Crippen molar-refractivity contribution < 1.29 is 13.2 Å². The van der Waals surface area contributed by atoms with Gasteiger partial charge in [0, 0.05) is 23.8 Å². The van der Waals surface area contributed by atoms with Crippen LogP contribution in [-0.4, -0.2) is 52.7 Å². The van der Waals surface area contributed by atoms with Crippen molar-refractivity contribution in [3.8, 4) is 11.4 Å². The summed E-state index contributed by atoms with van der Waals surface area (Å²) in [6, 6.07) is 13.6. The monoisotopic (exact) mass is 422 g/mol. The van der Waals surface area contributed by atoms with Crippen LogP contribution in [0.4, 0.5) is 5.95 Å². The number of nitrogens with one attached hydrogen (secondary N) is 2. The number of anilines is 1. The lowest BCUT2D eigenvalue weighted by Gasteiger charge is -2.12. The summed E-state index contributed by atoms with van der Waals surface area (Å²) in [7, 11) is -3.28. The molecule has 0 spiro atoms. The molecule has 2 aromatic carbocycles. The van der Waals surface area contributed by atoms with Crippen LogP contribution < -0.4 is 10.6 Å². The smallest absolute Gasteiger partial charge is 0.242 e. The van der Waals surface area contributed by atoms with E-state index in [-0.39, 0.29) is 16.8 Å². The first-order valence-corrected chi connectivity index (χ1v) is 11.3. The standard InChI is InChI=1S/C20H18N6O3S/c1-30(28,29)13-8-6-12(7-9-13)17-24-18-14-4-2-3-5-15(14)22-20(26(18)25-17)23-16-10-11-21-19(16)27/h2-9,16H,10-11H2,1H3,(H,21,27)(H,22,23)/t16-/m1/s1. The number of hydrogen-bond acceptors (Lipinski definition) is 7. The topological polar surface area (TPSA) is 118 Å². The highest BCUT2D eigenvalue weighted by atomic mass is 32.2. The summed E-state index contributed by atoms with van der Waals surface area (Å²) in [6.07, 6.45) is 1.82. The van der Waals surface area contributed by atoms with E-state index in [0.717, 1.165) is 10.9 Å². The molecule has 3 heterocycles. The summed E-state index contributed by atoms with van der Waals surface area (Å²) in [5, 5.41) is 11.4. The number of amides is 1. The number of hydrogen-bond donors (Lipinski definition) is 2. The fourth-order valence-corrected chi connectivity index (χ4v) is 4.14. The molecular formula is C20H18N6O3S. The minimum Gasteiger partial charge on any atom is -0.354 e. The average molecular weight is 422 g/mol. The molecule has 10 heteroatoms. The van der Waals surface area contributed by atoms with Crippen LogP contribution in [-0.2, 0) is 14.6 Å². The molecule has 30 heavy (non-hydrogen) atoms. The van der Waals surface area contributed by atoms with Gasteiger partial charge in [-0.2, -0.15) is 4.52 Å². The van der Waals surface area contributed by atoms with Gasteiger partial charge in [-0.3, -0.25) is 4.79 Å². The third-order valence-electron chi connectivity index (χ3n) is 5.07. The van der Waals surface area contributed by atoms with E-state index in [2.05, 4.69) is 25.7 Å². The lowest BCUT2D eigenvalue weighted by Crippen LogP contribution is -2.30. The van der Waals surface area contributed by atoms with E-state index in [1.165, 1.54) is 18.4 Å². The molecule has 1 fully saturated rings. The molecule has 0 aliphatic carbocycles. The van der Waals surface area contributed by atoms with Crippen molar-refractivity contribution in [2.45, 2.75) is 17.4 Å². The van der Waals surface area contributed by atoms with Crippen LogP contribution in [0.5, 0.6) is 0 Å². The van der Waals surface area contributed by atoms with E-state index in [4.69, 9.17) is 0 Å². The Balaban J connectivity index is 1.65. The van der Waals surface area contributed by atoms with Gasteiger partial charge in [-0.25, -0.2) is 18.4 Å². The fraction of sp³-hybridized carbons (Fsp3) is 0.200. The lowest BCUT2D eigenvalue weighted by molar-refractivity contribution is -0.119. The normalized spacial score (nSPS) is 16.8. The molecule has 9 nitrogen and oxygen atoms in total. The fourth-order valence-electron chi connectivity index (χ4n) is 3.51. The van der Waals surface area contributed by atoms with Gasteiger partial charge < -0.3 is 10.6 Å². The molecule has 1 aliphatic heterocycles. The second-order valence-electron chi connectivity index (χ2n) is 7.20. The number of fused-ring (bicyclic) bond motifs is 3. The minimum absolute atomic E-state index is 0.0742. The maximum Gasteiger partial charge on any atom is 0.242 e. The Kier molecular flexibility index (Phi) is 4.17. The molecule has 2 aromatic heterocycles. The van der Waals surface area contributed by atoms with Crippen LogP contribution in [0, 0.1) is 0 Å². The Bertz CT molecular complexity index is 1400. The Morgan fingerprint density at radius 2 is 1.87 bits per heavy atom. The van der Waals surface area contributed by atoms with Gasteiger partial charge in [-0.05, 0) is 42.8 Å².